The van der Waals surface area contributed by atoms with E-state index in [0.29, 0.717) is 22.3 Å². The Labute approximate surface area is 467 Å². The fourth-order valence-electron chi connectivity index (χ4n) is 6.99. The van der Waals surface area contributed by atoms with Crippen LogP contribution in [0.3, 0.4) is 0 Å². The predicted molar refractivity (Wildman–Crippen MR) is 251 cm³/mol. The first-order valence-electron chi connectivity index (χ1n) is 20.8. The molecule has 0 aliphatic heterocycles. The molecule has 0 bridgehead atoms. The third-order valence-electron chi connectivity index (χ3n) is 10.3. The largest absolute Gasteiger partial charge is 3.00 e. The smallest absolute Gasteiger partial charge is 0.872 e. The molecule has 0 amide bonds. The zero-order chi connectivity index (χ0) is 44.4. The third-order valence-corrected chi connectivity index (χ3v) is 10.3. The molecule has 0 N–H and O–H groups in total. The zero-order valence-corrected chi connectivity index (χ0v) is 40.9. The normalized spacial score (nSPS) is 13.0. The summed E-state index contributed by atoms with van der Waals surface area (Å²) in [5.41, 5.74) is 5.95. The topological polar surface area (TPSA) is 142 Å². The molecule has 8 rings (SSSR count). The Bertz CT molecular complexity index is 2420. The van der Waals surface area contributed by atoms with Gasteiger partial charge in [0.2, 0.25) is 0 Å². The fourth-order valence-corrected chi connectivity index (χ4v) is 6.99. The number of nitrogens with zero attached hydrogens (tertiary/aromatic N) is 4. The van der Waals surface area contributed by atoms with Crippen molar-refractivity contribution in [2.45, 2.75) is 24.2 Å². The first kappa shape index (κ1) is 51.8. The number of hydrogen-bond acceptors (Lipinski definition) is 8. The van der Waals surface area contributed by atoms with Crippen molar-refractivity contribution in [2.75, 3.05) is 0 Å². The Hall–Kier alpha value is -5.20. The van der Waals surface area contributed by atoms with Gasteiger partial charge in [-0.2, -0.15) is 0 Å². The van der Waals surface area contributed by atoms with E-state index in [0.717, 1.165) is 22.3 Å². The number of hydrogen-bond donors (Lipinski definition) is 0. The fraction of sp³-hybridized carbons (Fsp3) is 0.0714. The van der Waals surface area contributed by atoms with Gasteiger partial charge in [-0.15, -0.1) is 23.0 Å². The van der Waals surface area contributed by atoms with Crippen LogP contribution in [-0.4, -0.2) is 24.9 Å². The zero-order valence-electron chi connectivity index (χ0n) is 36.1. The first-order chi connectivity index (χ1) is 31.4. The molecule has 0 fully saturated rings. The maximum atomic E-state index is 12.2. The van der Waals surface area contributed by atoms with Gasteiger partial charge < -0.3 is 20.4 Å². The third kappa shape index (κ3) is 14.9. The Morgan fingerprint density at radius 2 is 0.424 bits per heavy atom. The van der Waals surface area contributed by atoms with E-state index in [1.165, 1.54) is 24.3 Å². The SMILES string of the molecule is [K+].[O-]c1ccccc1C=N[C@H](c1ccccc1)[C@H](N=Cc1ccccc1[O-])c1ccccc1.[O-]c1ccccc1C=N[C@H](c1ccccc1)[C@H](N=Cc1ccccc1[O-])c1ccccc1.[Yb+3]. The van der Waals surface area contributed by atoms with E-state index in [1.54, 1.807) is 73.4 Å². The number of benzene rings is 8. The summed E-state index contributed by atoms with van der Waals surface area (Å²) in [6, 6.07) is 65.1. The van der Waals surface area contributed by atoms with Crippen molar-refractivity contribution in [2.24, 2.45) is 20.0 Å². The van der Waals surface area contributed by atoms with Crippen LogP contribution in [0.1, 0.15) is 68.7 Å². The van der Waals surface area contributed by atoms with Gasteiger partial charge in [-0.3, -0.25) is 20.0 Å². The number of rotatable bonds is 14. The van der Waals surface area contributed by atoms with Crippen LogP contribution in [-0.2, 0) is 0 Å². The average Bonchev–Trinajstić information content (AvgIpc) is 3.34. The van der Waals surface area contributed by atoms with Crippen LogP contribution in [0.15, 0.2) is 238 Å². The van der Waals surface area contributed by atoms with Crippen LogP contribution in [0.4, 0.5) is 0 Å². The van der Waals surface area contributed by atoms with E-state index < -0.39 is 0 Å². The summed E-state index contributed by atoms with van der Waals surface area (Å²) in [7, 11) is 0. The monoisotopic (exact) mass is 1050 g/mol. The molecule has 10 heteroatoms. The molecule has 4 atom stereocenters. The maximum Gasteiger partial charge on any atom is 3.00 e. The Morgan fingerprint density at radius 3 is 0.606 bits per heavy atom. The van der Waals surface area contributed by atoms with Crippen LogP contribution in [0.5, 0.6) is 23.0 Å². The maximum absolute atomic E-state index is 12.2. The summed E-state index contributed by atoms with van der Waals surface area (Å²) in [5.74, 6) is -0.322. The molecular formula is C56H44KN4O4Yb. The molecule has 0 aliphatic carbocycles. The van der Waals surface area contributed by atoms with Gasteiger partial charge in [0.15, 0.2) is 0 Å². The molecule has 0 saturated heterocycles. The van der Waals surface area contributed by atoms with E-state index >= 15 is 0 Å². The van der Waals surface area contributed by atoms with Crippen LogP contribution in [0, 0.1) is 46.9 Å². The van der Waals surface area contributed by atoms with Crippen molar-refractivity contribution in [1.29, 1.82) is 0 Å². The van der Waals surface area contributed by atoms with Crippen LogP contribution >= 0.6 is 0 Å². The first-order valence-corrected chi connectivity index (χ1v) is 20.8. The predicted octanol–water partition coefficient (Wildman–Crippen LogP) is 6.71. The van der Waals surface area contributed by atoms with Gasteiger partial charge in [0, 0.05) is 24.9 Å². The molecule has 0 heterocycles. The second-order valence-corrected chi connectivity index (χ2v) is 14.7. The quantitative estimate of drug-likeness (QED) is 0.0882. The Morgan fingerprint density at radius 1 is 0.258 bits per heavy atom. The molecule has 8 nitrogen and oxygen atoms in total. The summed E-state index contributed by atoms with van der Waals surface area (Å²) in [5, 5.41) is 48.8. The van der Waals surface area contributed by atoms with E-state index in [9.17, 15) is 20.4 Å². The molecule has 66 heavy (non-hydrogen) atoms. The van der Waals surface area contributed by atoms with Gasteiger partial charge in [-0.1, -0.05) is 218 Å². The van der Waals surface area contributed by atoms with Crippen LogP contribution in [0.25, 0.3) is 0 Å². The molecule has 1 radical (unpaired) electrons. The van der Waals surface area contributed by atoms with E-state index in [4.69, 9.17) is 20.0 Å². The molecule has 0 aromatic heterocycles. The van der Waals surface area contributed by atoms with Crippen LogP contribution < -0.4 is 71.8 Å². The summed E-state index contributed by atoms with van der Waals surface area (Å²) < 4.78 is 0. The van der Waals surface area contributed by atoms with Gasteiger partial charge in [0.05, 0.1) is 0 Å². The molecular weight excluding hydrogens is 1000 g/mol. The second-order valence-electron chi connectivity index (χ2n) is 14.7. The minimum absolute atomic E-state index is 0. The number of aliphatic imine (C=N–C) groups is 4. The molecule has 327 valence electrons. The van der Waals surface area contributed by atoms with Gasteiger partial charge in [0.1, 0.15) is 24.2 Å². The average molecular weight is 1050 g/mol. The molecule has 0 aliphatic rings. The summed E-state index contributed by atoms with van der Waals surface area (Å²) in [6.45, 7) is 0. The Balaban J connectivity index is 0.000000240. The number of para-hydroxylation sites is 4. The molecule has 0 unspecified atom stereocenters. The van der Waals surface area contributed by atoms with Crippen molar-refractivity contribution in [3.05, 3.63) is 263 Å². The van der Waals surface area contributed by atoms with Crippen molar-refractivity contribution >= 4 is 24.9 Å². The summed E-state index contributed by atoms with van der Waals surface area (Å²) in [6.07, 6.45) is 6.47. The standard InChI is InChI=1S/2C28H24N2O2.K.Yb/c2*31-25-17-9-7-15-23(25)19-29-27(21-11-3-1-4-12-21)28(22-13-5-2-6-14-22)30-20-24-16-8-10-18-26(24)32;;/h2*1-20,27-28,31-32H;;/q;;+1;+3/p-4/t2*27-,28-;;/m11../s1. The molecule has 8 aromatic carbocycles. The van der Waals surface area contributed by atoms with Crippen molar-refractivity contribution in [3.63, 3.8) is 0 Å². The summed E-state index contributed by atoms with van der Waals surface area (Å²) in [4.78, 5) is 19.3. The van der Waals surface area contributed by atoms with Gasteiger partial charge in [-0.25, -0.2) is 0 Å². The van der Waals surface area contributed by atoms with Crippen molar-refractivity contribution in [1.82, 2.24) is 0 Å². The van der Waals surface area contributed by atoms with Gasteiger partial charge >= 0.3 is 98.3 Å². The Kier molecular flexibility index (Phi) is 21.5. The van der Waals surface area contributed by atoms with Crippen molar-refractivity contribution < 1.29 is 119 Å². The van der Waals surface area contributed by atoms with E-state index in [2.05, 4.69) is 0 Å². The second kappa shape index (κ2) is 27.4. The minimum atomic E-state index is -0.381. The summed E-state index contributed by atoms with van der Waals surface area (Å²) >= 11 is 0. The molecule has 0 spiro atoms. The van der Waals surface area contributed by atoms with Crippen LogP contribution in [0.2, 0.25) is 0 Å². The van der Waals surface area contributed by atoms with Gasteiger partial charge in [-0.05, 0) is 44.5 Å². The van der Waals surface area contributed by atoms with E-state index in [-0.39, 0.29) is 145 Å². The minimum Gasteiger partial charge on any atom is -0.872 e. The molecule has 0 saturated carbocycles. The van der Waals surface area contributed by atoms with Crippen molar-refractivity contribution in [3.8, 4) is 23.0 Å². The molecule has 8 aromatic rings. The van der Waals surface area contributed by atoms with E-state index in [1.807, 2.05) is 146 Å². The van der Waals surface area contributed by atoms with Gasteiger partial charge in [0.25, 0.3) is 0 Å².